The standard InChI is InChI=1S/C18H9BrO2/c19-10-5-6-16-12(7-10)14-9-17-13(8-18(14)21-16)11-3-1-2-4-15(11)20-17/h1-9H. The van der Waals surface area contributed by atoms with E-state index in [-0.39, 0.29) is 0 Å². The van der Waals surface area contributed by atoms with Crippen LogP contribution in [0.25, 0.3) is 43.9 Å². The van der Waals surface area contributed by atoms with Gasteiger partial charge in [-0.1, -0.05) is 34.1 Å². The predicted octanol–water partition coefficient (Wildman–Crippen LogP) is 6.25. The number of rotatable bonds is 0. The van der Waals surface area contributed by atoms with Gasteiger partial charge in [-0.15, -0.1) is 0 Å². The van der Waals surface area contributed by atoms with Crippen molar-refractivity contribution in [1.29, 1.82) is 0 Å². The Hall–Kier alpha value is -2.26. The molecule has 21 heavy (non-hydrogen) atoms. The average molecular weight is 337 g/mol. The van der Waals surface area contributed by atoms with E-state index in [0.717, 1.165) is 48.3 Å². The second-order valence-corrected chi connectivity index (χ2v) is 6.10. The highest BCUT2D eigenvalue weighted by Crippen LogP contribution is 2.37. The number of furan rings is 2. The van der Waals surface area contributed by atoms with Crippen LogP contribution < -0.4 is 0 Å². The van der Waals surface area contributed by atoms with Crippen molar-refractivity contribution in [2.24, 2.45) is 0 Å². The van der Waals surface area contributed by atoms with Crippen LogP contribution >= 0.6 is 15.9 Å². The fourth-order valence-electron chi connectivity index (χ4n) is 2.97. The van der Waals surface area contributed by atoms with Gasteiger partial charge >= 0.3 is 0 Å². The Kier molecular flexibility index (Phi) is 2.11. The molecule has 3 aromatic carbocycles. The highest BCUT2D eigenvalue weighted by atomic mass is 79.9. The Labute approximate surface area is 128 Å². The third kappa shape index (κ3) is 1.52. The summed E-state index contributed by atoms with van der Waals surface area (Å²) in [5.41, 5.74) is 3.59. The molecule has 0 spiro atoms. The first kappa shape index (κ1) is 11.4. The topological polar surface area (TPSA) is 26.3 Å². The SMILES string of the molecule is Brc1ccc2oc3cc4c(cc3c2c1)oc1ccccc14. The van der Waals surface area contributed by atoms with Crippen LogP contribution in [0.1, 0.15) is 0 Å². The zero-order valence-corrected chi connectivity index (χ0v) is 12.5. The Morgan fingerprint density at radius 1 is 0.571 bits per heavy atom. The number of para-hydroxylation sites is 1. The largest absolute Gasteiger partial charge is 0.456 e. The first-order valence-corrected chi connectivity index (χ1v) is 7.52. The van der Waals surface area contributed by atoms with Gasteiger partial charge < -0.3 is 8.83 Å². The summed E-state index contributed by atoms with van der Waals surface area (Å²) in [5.74, 6) is 0. The summed E-state index contributed by atoms with van der Waals surface area (Å²) in [7, 11) is 0. The fourth-order valence-corrected chi connectivity index (χ4v) is 3.33. The molecular formula is C18H9BrO2. The third-order valence-electron chi connectivity index (χ3n) is 3.93. The van der Waals surface area contributed by atoms with Crippen molar-refractivity contribution in [3.8, 4) is 0 Å². The number of hydrogen-bond donors (Lipinski definition) is 0. The Morgan fingerprint density at radius 3 is 2.00 bits per heavy atom. The molecule has 100 valence electrons. The van der Waals surface area contributed by atoms with Crippen LogP contribution in [0.4, 0.5) is 0 Å². The van der Waals surface area contributed by atoms with Crippen molar-refractivity contribution in [1.82, 2.24) is 0 Å². The molecule has 0 fully saturated rings. The molecule has 0 aliphatic carbocycles. The lowest BCUT2D eigenvalue weighted by atomic mass is 10.1. The normalized spacial score (nSPS) is 12.0. The van der Waals surface area contributed by atoms with Crippen molar-refractivity contribution >= 4 is 59.8 Å². The highest BCUT2D eigenvalue weighted by molar-refractivity contribution is 9.10. The number of benzene rings is 3. The molecule has 0 aliphatic heterocycles. The number of hydrogen-bond acceptors (Lipinski definition) is 2. The Bertz CT molecular complexity index is 1150. The van der Waals surface area contributed by atoms with Gasteiger partial charge in [0.15, 0.2) is 0 Å². The molecular weight excluding hydrogens is 328 g/mol. The van der Waals surface area contributed by atoms with Crippen molar-refractivity contribution in [2.45, 2.75) is 0 Å². The molecule has 0 saturated carbocycles. The van der Waals surface area contributed by atoms with Gasteiger partial charge in [-0.3, -0.25) is 0 Å². The molecule has 0 radical (unpaired) electrons. The minimum Gasteiger partial charge on any atom is -0.456 e. The zero-order valence-electron chi connectivity index (χ0n) is 10.9. The lowest BCUT2D eigenvalue weighted by Crippen LogP contribution is -1.69. The van der Waals surface area contributed by atoms with Gasteiger partial charge in [-0.25, -0.2) is 0 Å². The van der Waals surface area contributed by atoms with Crippen molar-refractivity contribution in [2.75, 3.05) is 0 Å². The molecule has 0 bridgehead atoms. The van der Waals surface area contributed by atoms with E-state index in [2.05, 4.69) is 40.2 Å². The molecule has 0 amide bonds. The van der Waals surface area contributed by atoms with Crippen molar-refractivity contribution in [3.63, 3.8) is 0 Å². The van der Waals surface area contributed by atoms with Crippen LogP contribution in [0.15, 0.2) is 67.9 Å². The molecule has 3 heteroatoms. The van der Waals surface area contributed by atoms with Crippen LogP contribution in [0.5, 0.6) is 0 Å². The van der Waals surface area contributed by atoms with Gasteiger partial charge in [0.2, 0.25) is 0 Å². The van der Waals surface area contributed by atoms with Crippen molar-refractivity contribution in [3.05, 3.63) is 59.1 Å². The molecule has 0 N–H and O–H groups in total. The van der Waals surface area contributed by atoms with Gasteiger partial charge in [0, 0.05) is 26.0 Å². The van der Waals surface area contributed by atoms with Crippen LogP contribution in [0.3, 0.4) is 0 Å². The minimum absolute atomic E-state index is 0.891. The summed E-state index contributed by atoms with van der Waals surface area (Å²) in [5, 5.41) is 4.40. The minimum atomic E-state index is 0.891. The molecule has 0 unspecified atom stereocenters. The first-order chi connectivity index (χ1) is 10.3. The van der Waals surface area contributed by atoms with Gasteiger partial charge in [0.05, 0.1) is 0 Å². The second kappa shape index (κ2) is 3.89. The second-order valence-electron chi connectivity index (χ2n) is 5.19. The van der Waals surface area contributed by atoms with E-state index in [9.17, 15) is 0 Å². The van der Waals surface area contributed by atoms with Crippen molar-refractivity contribution < 1.29 is 8.83 Å². The van der Waals surface area contributed by atoms with E-state index in [1.807, 2.05) is 30.3 Å². The van der Waals surface area contributed by atoms with Crippen LogP contribution in [-0.4, -0.2) is 0 Å². The van der Waals surface area contributed by atoms with Crippen LogP contribution in [-0.2, 0) is 0 Å². The lowest BCUT2D eigenvalue weighted by Gasteiger charge is -1.91. The quantitative estimate of drug-likeness (QED) is 0.334. The van der Waals surface area contributed by atoms with Gasteiger partial charge in [0.25, 0.3) is 0 Å². The number of halogens is 1. The summed E-state index contributed by atoms with van der Waals surface area (Å²) in [6, 6.07) is 18.3. The van der Waals surface area contributed by atoms with E-state index in [4.69, 9.17) is 8.83 Å². The highest BCUT2D eigenvalue weighted by Gasteiger charge is 2.12. The van der Waals surface area contributed by atoms with E-state index in [1.54, 1.807) is 0 Å². The predicted molar refractivity (Wildman–Crippen MR) is 88.7 cm³/mol. The Balaban J connectivity index is 2.02. The van der Waals surface area contributed by atoms with E-state index >= 15 is 0 Å². The molecule has 2 heterocycles. The summed E-state index contributed by atoms with van der Waals surface area (Å²) in [4.78, 5) is 0. The number of fused-ring (bicyclic) bond motifs is 6. The molecule has 2 aromatic heterocycles. The van der Waals surface area contributed by atoms with E-state index in [0.29, 0.717) is 0 Å². The maximum Gasteiger partial charge on any atom is 0.136 e. The average Bonchev–Trinajstić information content (AvgIpc) is 3.02. The molecule has 5 rings (SSSR count). The molecule has 0 saturated heterocycles. The Morgan fingerprint density at radius 2 is 1.19 bits per heavy atom. The summed E-state index contributed by atoms with van der Waals surface area (Å²) < 4.78 is 13.0. The van der Waals surface area contributed by atoms with E-state index < -0.39 is 0 Å². The fraction of sp³-hybridized carbons (Fsp3) is 0. The van der Waals surface area contributed by atoms with E-state index in [1.165, 1.54) is 0 Å². The van der Waals surface area contributed by atoms with Crippen LogP contribution in [0.2, 0.25) is 0 Å². The summed E-state index contributed by atoms with van der Waals surface area (Å²) in [6.45, 7) is 0. The smallest absolute Gasteiger partial charge is 0.136 e. The maximum atomic E-state index is 5.97. The molecule has 2 nitrogen and oxygen atoms in total. The molecule has 0 atom stereocenters. The third-order valence-corrected chi connectivity index (χ3v) is 4.42. The monoisotopic (exact) mass is 336 g/mol. The van der Waals surface area contributed by atoms with Gasteiger partial charge in [-0.2, -0.15) is 0 Å². The molecule has 5 aromatic rings. The summed E-state index contributed by atoms with van der Waals surface area (Å²) >= 11 is 3.52. The summed E-state index contributed by atoms with van der Waals surface area (Å²) in [6.07, 6.45) is 0. The van der Waals surface area contributed by atoms with Gasteiger partial charge in [-0.05, 0) is 36.4 Å². The van der Waals surface area contributed by atoms with Gasteiger partial charge in [0.1, 0.15) is 22.3 Å². The maximum absolute atomic E-state index is 5.97. The zero-order chi connectivity index (χ0) is 14.0. The lowest BCUT2D eigenvalue weighted by molar-refractivity contribution is 0.664. The van der Waals surface area contributed by atoms with Crippen LogP contribution in [0, 0.1) is 0 Å². The first-order valence-electron chi connectivity index (χ1n) is 6.73. The molecule has 0 aliphatic rings.